The van der Waals surface area contributed by atoms with Gasteiger partial charge in [0.05, 0.1) is 28.1 Å². The van der Waals surface area contributed by atoms with E-state index in [9.17, 15) is 0 Å². The Morgan fingerprint density at radius 2 is 1.46 bits per heavy atom. The predicted molar refractivity (Wildman–Crippen MR) is 186 cm³/mol. The van der Waals surface area contributed by atoms with Crippen molar-refractivity contribution in [1.29, 1.82) is 0 Å². The number of rotatable bonds is 7. The van der Waals surface area contributed by atoms with Gasteiger partial charge in [-0.1, -0.05) is 67.4 Å². The third-order valence-electron chi connectivity index (χ3n) is 9.79. The summed E-state index contributed by atoms with van der Waals surface area (Å²) in [5, 5.41) is 7.76. The lowest BCUT2D eigenvalue weighted by Gasteiger charge is -2.17. The summed E-state index contributed by atoms with van der Waals surface area (Å²) in [7, 11) is 0. The molecule has 9 rings (SSSR count). The Kier molecular flexibility index (Phi) is 6.51. The predicted octanol–water partition coefficient (Wildman–Crippen LogP) is 10.7. The number of aryl methyl sites for hydroxylation is 1. The molecule has 226 valence electrons. The lowest BCUT2D eigenvalue weighted by Crippen LogP contribution is -2.07. The summed E-state index contributed by atoms with van der Waals surface area (Å²) in [5.74, 6) is 3.57. The van der Waals surface area contributed by atoms with Crippen LogP contribution in [0.5, 0.6) is 11.5 Å². The average molecular weight is 601 g/mol. The van der Waals surface area contributed by atoms with Crippen molar-refractivity contribution >= 4 is 21.8 Å². The number of pyridine rings is 1. The van der Waals surface area contributed by atoms with E-state index in [1.54, 1.807) is 0 Å². The highest BCUT2D eigenvalue weighted by Gasteiger charge is 2.35. The molecule has 0 bridgehead atoms. The first kappa shape index (κ1) is 27.2. The van der Waals surface area contributed by atoms with E-state index in [2.05, 4.69) is 113 Å². The maximum Gasteiger partial charge on any atom is 0.137 e. The number of ether oxygens (including phenoxy) is 1. The SMILES string of the molecule is Cc1ccnc(-n2c3ccccc3c3ccc(Oc4cccc(-n5nc(C6CC6)c(-c6ccccc6)c5C5CCCC5)c4)cc32)c1. The van der Waals surface area contributed by atoms with Crippen LogP contribution >= 0.6 is 0 Å². The van der Waals surface area contributed by atoms with Gasteiger partial charge in [-0.2, -0.15) is 5.10 Å². The number of hydrogen-bond donors (Lipinski definition) is 0. The molecule has 0 unspecified atom stereocenters. The van der Waals surface area contributed by atoms with E-state index in [4.69, 9.17) is 14.8 Å². The van der Waals surface area contributed by atoms with Crippen molar-refractivity contribution < 1.29 is 4.74 Å². The van der Waals surface area contributed by atoms with Crippen molar-refractivity contribution in [1.82, 2.24) is 19.3 Å². The summed E-state index contributed by atoms with van der Waals surface area (Å²) in [4.78, 5) is 4.74. The number of nitrogens with zero attached hydrogens (tertiary/aromatic N) is 4. The van der Waals surface area contributed by atoms with Crippen LogP contribution in [0.4, 0.5) is 0 Å². The first-order valence-electron chi connectivity index (χ1n) is 16.6. The third-order valence-corrected chi connectivity index (χ3v) is 9.79. The van der Waals surface area contributed by atoms with E-state index in [1.807, 2.05) is 18.3 Å². The van der Waals surface area contributed by atoms with E-state index in [-0.39, 0.29) is 0 Å². The molecule has 0 N–H and O–H groups in total. The number of benzene rings is 4. The van der Waals surface area contributed by atoms with Crippen molar-refractivity contribution in [3.8, 4) is 34.1 Å². The smallest absolute Gasteiger partial charge is 0.137 e. The van der Waals surface area contributed by atoms with Crippen molar-refractivity contribution in [3.63, 3.8) is 0 Å². The Hall–Kier alpha value is -5.16. The van der Waals surface area contributed by atoms with E-state index in [1.165, 1.54) is 77.4 Å². The lowest BCUT2D eigenvalue weighted by atomic mass is 9.92. The molecule has 7 aromatic rings. The minimum absolute atomic E-state index is 0.513. The molecule has 0 saturated heterocycles. The van der Waals surface area contributed by atoms with Crippen molar-refractivity contribution in [2.75, 3.05) is 0 Å². The van der Waals surface area contributed by atoms with Gasteiger partial charge in [-0.05, 0) is 86.2 Å². The number of aromatic nitrogens is 4. The van der Waals surface area contributed by atoms with E-state index in [0.717, 1.165) is 34.0 Å². The van der Waals surface area contributed by atoms with Crippen LogP contribution in [-0.2, 0) is 0 Å². The molecule has 4 aromatic carbocycles. The van der Waals surface area contributed by atoms with Gasteiger partial charge in [0, 0.05) is 46.5 Å². The quantitative estimate of drug-likeness (QED) is 0.183. The second-order valence-corrected chi connectivity index (χ2v) is 13.0. The molecule has 2 aliphatic carbocycles. The normalized spacial score (nSPS) is 15.2. The number of para-hydroxylation sites is 1. The topological polar surface area (TPSA) is 44.9 Å². The molecule has 2 aliphatic rings. The fourth-order valence-corrected chi connectivity index (χ4v) is 7.48. The minimum atomic E-state index is 0.513. The second-order valence-electron chi connectivity index (χ2n) is 13.0. The van der Waals surface area contributed by atoms with Crippen molar-refractivity contribution in [3.05, 3.63) is 132 Å². The Labute approximate surface area is 269 Å². The highest BCUT2D eigenvalue weighted by molar-refractivity contribution is 6.09. The van der Waals surface area contributed by atoms with Gasteiger partial charge >= 0.3 is 0 Å². The first-order valence-corrected chi connectivity index (χ1v) is 16.6. The van der Waals surface area contributed by atoms with Crippen LogP contribution in [0.1, 0.15) is 67.3 Å². The molecule has 2 fully saturated rings. The maximum atomic E-state index is 6.63. The van der Waals surface area contributed by atoms with Gasteiger partial charge in [0.25, 0.3) is 0 Å². The molecule has 3 aromatic heterocycles. The maximum absolute atomic E-state index is 6.63. The zero-order valence-corrected chi connectivity index (χ0v) is 26.1. The zero-order chi connectivity index (χ0) is 30.6. The van der Waals surface area contributed by atoms with E-state index >= 15 is 0 Å². The van der Waals surface area contributed by atoms with Crippen LogP contribution in [0.25, 0.3) is 44.4 Å². The zero-order valence-electron chi connectivity index (χ0n) is 26.1. The molecule has 0 atom stereocenters. The van der Waals surface area contributed by atoms with Gasteiger partial charge in [0.2, 0.25) is 0 Å². The Morgan fingerprint density at radius 1 is 0.674 bits per heavy atom. The molecule has 46 heavy (non-hydrogen) atoms. The van der Waals surface area contributed by atoms with Gasteiger partial charge in [0.1, 0.15) is 17.3 Å². The van der Waals surface area contributed by atoms with Crippen molar-refractivity contribution in [2.45, 2.75) is 57.3 Å². The molecule has 0 spiro atoms. The standard InChI is InChI=1S/C41H36N4O/c1-27-22-23-42-38(24-27)44-36-17-8-7-16-34(36)35-21-20-33(26-37(35)44)46-32-15-9-14-31(25-32)45-41(30-12-5-6-13-30)39(28-10-3-2-4-11-28)40(43-45)29-18-19-29/h2-4,7-11,14-17,20-26,29-30H,5-6,12-13,18-19H2,1H3. The molecule has 3 heterocycles. The lowest BCUT2D eigenvalue weighted by molar-refractivity contribution is 0.482. The fraction of sp³-hybridized carbons (Fsp3) is 0.220. The van der Waals surface area contributed by atoms with Crippen LogP contribution in [0.15, 0.2) is 115 Å². The minimum Gasteiger partial charge on any atom is -0.457 e. The van der Waals surface area contributed by atoms with Crippen LogP contribution < -0.4 is 4.74 Å². The second kappa shape index (κ2) is 11.0. The van der Waals surface area contributed by atoms with Crippen LogP contribution in [0, 0.1) is 6.92 Å². The molecule has 0 aliphatic heterocycles. The van der Waals surface area contributed by atoms with E-state index < -0.39 is 0 Å². The highest BCUT2D eigenvalue weighted by Crippen LogP contribution is 2.49. The Morgan fingerprint density at radius 3 is 2.28 bits per heavy atom. The van der Waals surface area contributed by atoms with Crippen LogP contribution in [0.2, 0.25) is 0 Å². The molecule has 5 heteroatoms. The first-order chi connectivity index (χ1) is 22.7. The summed E-state index contributed by atoms with van der Waals surface area (Å²) in [6, 6.07) is 38.5. The van der Waals surface area contributed by atoms with Crippen LogP contribution in [0.3, 0.4) is 0 Å². The van der Waals surface area contributed by atoms with Gasteiger partial charge in [-0.25, -0.2) is 9.67 Å². The van der Waals surface area contributed by atoms with Gasteiger partial charge in [0.15, 0.2) is 0 Å². The van der Waals surface area contributed by atoms with E-state index in [0.29, 0.717) is 11.8 Å². The molecule has 0 radical (unpaired) electrons. The fourth-order valence-electron chi connectivity index (χ4n) is 7.48. The van der Waals surface area contributed by atoms with Crippen molar-refractivity contribution in [2.24, 2.45) is 0 Å². The van der Waals surface area contributed by atoms with Gasteiger partial charge in [-0.15, -0.1) is 0 Å². The van der Waals surface area contributed by atoms with Gasteiger partial charge < -0.3 is 4.74 Å². The Bertz CT molecular complexity index is 2220. The monoisotopic (exact) mass is 600 g/mol. The highest BCUT2D eigenvalue weighted by atomic mass is 16.5. The Balaban J connectivity index is 1.14. The summed E-state index contributed by atoms with van der Waals surface area (Å²) in [6.45, 7) is 2.11. The average Bonchev–Trinajstić information content (AvgIpc) is 3.49. The molecular weight excluding hydrogens is 564 g/mol. The summed E-state index contributed by atoms with van der Waals surface area (Å²) in [5.41, 5.74) is 9.74. The summed E-state index contributed by atoms with van der Waals surface area (Å²) in [6.07, 6.45) is 9.32. The number of hydrogen-bond acceptors (Lipinski definition) is 3. The molecule has 2 saturated carbocycles. The summed E-state index contributed by atoms with van der Waals surface area (Å²) >= 11 is 0. The summed E-state index contributed by atoms with van der Waals surface area (Å²) < 4.78 is 11.1. The largest absolute Gasteiger partial charge is 0.457 e. The molecular formula is C41H36N4O. The van der Waals surface area contributed by atoms with Gasteiger partial charge in [-0.3, -0.25) is 4.57 Å². The third kappa shape index (κ3) is 4.69. The molecule has 0 amide bonds. The van der Waals surface area contributed by atoms with Crippen LogP contribution in [-0.4, -0.2) is 19.3 Å². The molecule has 5 nitrogen and oxygen atoms in total. The number of fused-ring (bicyclic) bond motifs is 3.